The Morgan fingerprint density at radius 3 is 2.22 bits per heavy atom. The quantitative estimate of drug-likeness (QED) is 0.444. The first-order chi connectivity index (χ1) is 17.7. The zero-order chi connectivity index (χ0) is 25.0. The summed E-state index contributed by atoms with van der Waals surface area (Å²) in [5, 5.41) is 3.00. The first-order valence-electron chi connectivity index (χ1n) is 12.4. The monoisotopic (exact) mass is 483 g/mol. The number of morpholine rings is 1. The van der Waals surface area contributed by atoms with Gasteiger partial charge in [-0.15, -0.1) is 0 Å². The Balaban J connectivity index is 1.38. The van der Waals surface area contributed by atoms with Gasteiger partial charge in [-0.25, -0.2) is 0 Å². The summed E-state index contributed by atoms with van der Waals surface area (Å²) in [6.07, 6.45) is 3.74. The molecule has 36 heavy (non-hydrogen) atoms. The van der Waals surface area contributed by atoms with E-state index in [1.165, 1.54) is 0 Å². The normalized spacial score (nSPS) is 14.0. The lowest BCUT2D eigenvalue weighted by Crippen LogP contribution is -2.41. The molecule has 3 aromatic rings. The number of ether oxygens (including phenoxy) is 1. The Hall–Kier alpha value is -3.74. The molecule has 0 bridgehead atoms. The largest absolute Gasteiger partial charge is 0.379 e. The molecule has 4 rings (SSSR count). The van der Waals surface area contributed by atoms with Crippen LogP contribution in [0.5, 0.6) is 0 Å². The van der Waals surface area contributed by atoms with Gasteiger partial charge in [0, 0.05) is 37.9 Å². The van der Waals surface area contributed by atoms with Crippen LogP contribution in [0.1, 0.15) is 16.7 Å². The second-order valence-corrected chi connectivity index (χ2v) is 8.80. The average Bonchev–Trinajstić information content (AvgIpc) is 2.93. The van der Waals surface area contributed by atoms with Crippen molar-refractivity contribution >= 4 is 23.6 Å². The van der Waals surface area contributed by atoms with Gasteiger partial charge in [-0.3, -0.25) is 14.5 Å². The van der Waals surface area contributed by atoms with Crippen LogP contribution >= 0.6 is 0 Å². The molecular formula is C30H33N3O3. The van der Waals surface area contributed by atoms with Crippen LogP contribution in [0.2, 0.25) is 0 Å². The Bertz CT molecular complexity index is 1130. The van der Waals surface area contributed by atoms with Crippen LogP contribution in [0.15, 0.2) is 91.0 Å². The summed E-state index contributed by atoms with van der Waals surface area (Å²) in [5.74, 6) is -0.102. The molecule has 1 aliphatic rings. The van der Waals surface area contributed by atoms with E-state index in [1.54, 1.807) is 11.0 Å². The maximum Gasteiger partial charge on any atom is 0.251 e. The average molecular weight is 484 g/mol. The van der Waals surface area contributed by atoms with E-state index in [0.717, 1.165) is 55.2 Å². The van der Waals surface area contributed by atoms with Crippen molar-refractivity contribution in [2.45, 2.75) is 13.0 Å². The second kappa shape index (κ2) is 13.4. The number of carbonyl (C=O) groups excluding carboxylic acids is 2. The van der Waals surface area contributed by atoms with Gasteiger partial charge in [0.25, 0.3) is 5.91 Å². The molecule has 0 saturated carbocycles. The summed E-state index contributed by atoms with van der Waals surface area (Å²) < 4.78 is 5.36. The minimum absolute atomic E-state index is 0.000906. The van der Waals surface area contributed by atoms with Gasteiger partial charge in [-0.1, -0.05) is 72.8 Å². The highest BCUT2D eigenvalue weighted by Gasteiger charge is 2.15. The maximum absolute atomic E-state index is 13.2. The number of anilines is 1. The lowest BCUT2D eigenvalue weighted by molar-refractivity contribution is -0.120. The van der Waals surface area contributed by atoms with E-state index in [-0.39, 0.29) is 11.8 Å². The zero-order valence-corrected chi connectivity index (χ0v) is 20.5. The molecule has 6 nitrogen and oxygen atoms in total. The van der Waals surface area contributed by atoms with Gasteiger partial charge in [0.2, 0.25) is 5.91 Å². The van der Waals surface area contributed by atoms with E-state index in [1.807, 2.05) is 91.0 Å². The van der Waals surface area contributed by atoms with Gasteiger partial charge in [0.05, 0.1) is 26.2 Å². The summed E-state index contributed by atoms with van der Waals surface area (Å²) in [7, 11) is 0. The molecule has 0 spiro atoms. The molecular weight excluding hydrogens is 450 g/mol. The topological polar surface area (TPSA) is 61.9 Å². The minimum Gasteiger partial charge on any atom is -0.379 e. The molecule has 0 aliphatic carbocycles. The van der Waals surface area contributed by atoms with Crippen molar-refractivity contribution in [1.29, 1.82) is 0 Å². The highest BCUT2D eigenvalue weighted by molar-refractivity contribution is 6.03. The Morgan fingerprint density at radius 2 is 1.53 bits per heavy atom. The van der Waals surface area contributed by atoms with E-state index in [2.05, 4.69) is 10.2 Å². The smallest absolute Gasteiger partial charge is 0.251 e. The molecule has 1 aliphatic heterocycles. The van der Waals surface area contributed by atoms with Crippen molar-refractivity contribution in [2.24, 2.45) is 0 Å². The number of benzene rings is 3. The fourth-order valence-corrected chi connectivity index (χ4v) is 4.10. The van der Waals surface area contributed by atoms with Crippen LogP contribution in [0, 0.1) is 0 Å². The van der Waals surface area contributed by atoms with Crippen LogP contribution in [0.25, 0.3) is 6.08 Å². The van der Waals surface area contributed by atoms with Gasteiger partial charge in [0.15, 0.2) is 0 Å². The molecule has 0 aromatic heterocycles. The lowest BCUT2D eigenvalue weighted by atomic mass is 10.1. The van der Waals surface area contributed by atoms with Crippen molar-refractivity contribution in [3.8, 4) is 0 Å². The van der Waals surface area contributed by atoms with Crippen LogP contribution in [-0.4, -0.2) is 56.1 Å². The van der Waals surface area contributed by atoms with Gasteiger partial charge < -0.3 is 15.0 Å². The molecule has 0 atom stereocenters. The van der Waals surface area contributed by atoms with E-state index >= 15 is 0 Å². The highest BCUT2D eigenvalue weighted by atomic mass is 16.5. The lowest BCUT2D eigenvalue weighted by Gasteiger charge is -2.26. The maximum atomic E-state index is 13.2. The summed E-state index contributed by atoms with van der Waals surface area (Å²) in [6.45, 7) is 5.26. The van der Waals surface area contributed by atoms with E-state index in [9.17, 15) is 9.59 Å². The number of amides is 2. The number of rotatable bonds is 10. The van der Waals surface area contributed by atoms with Crippen molar-refractivity contribution < 1.29 is 14.3 Å². The predicted molar refractivity (Wildman–Crippen MR) is 144 cm³/mol. The summed E-state index contributed by atoms with van der Waals surface area (Å²) in [4.78, 5) is 29.7. The molecule has 6 heteroatoms. The third kappa shape index (κ3) is 7.90. The van der Waals surface area contributed by atoms with Crippen LogP contribution in [0.3, 0.4) is 0 Å². The van der Waals surface area contributed by atoms with Crippen molar-refractivity contribution in [3.63, 3.8) is 0 Å². The Labute approximate surface area is 213 Å². The van der Waals surface area contributed by atoms with E-state index < -0.39 is 0 Å². The molecule has 0 unspecified atom stereocenters. The van der Waals surface area contributed by atoms with Crippen LogP contribution in [-0.2, 0) is 27.3 Å². The molecule has 1 heterocycles. The molecule has 2 amide bonds. The SMILES string of the molecule is O=C(Cc1ccc(N(Cc2ccccc2)C(=O)C=Cc2ccccc2)cc1)NCCN1CCOCC1. The van der Waals surface area contributed by atoms with Crippen molar-refractivity contribution in [2.75, 3.05) is 44.3 Å². The second-order valence-electron chi connectivity index (χ2n) is 8.80. The van der Waals surface area contributed by atoms with Gasteiger partial charge >= 0.3 is 0 Å². The number of hydrogen-bond acceptors (Lipinski definition) is 4. The Kier molecular flexibility index (Phi) is 9.42. The molecule has 1 N–H and O–H groups in total. The number of hydrogen-bond donors (Lipinski definition) is 1. The molecule has 186 valence electrons. The van der Waals surface area contributed by atoms with Gasteiger partial charge in [0.1, 0.15) is 0 Å². The summed E-state index contributed by atoms with van der Waals surface area (Å²) in [5.41, 5.74) is 3.72. The third-order valence-electron chi connectivity index (χ3n) is 6.13. The third-order valence-corrected chi connectivity index (χ3v) is 6.13. The van der Waals surface area contributed by atoms with Crippen molar-refractivity contribution in [1.82, 2.24) is 10.2 Å². The summed E-state index contributed by atoms with van der Waals surface area (Å²) in [6, 6.07) is 27.4. The van der Waals surface area contributed by atoms with Crippen LogP contribution < -0.4 is 10.2 Å². The number of nitrogens with zero attached hydrogens (tertiary/aromatic N) is 2. The molecule has 1 saturated heterocycles. The van der Waals surface area contributed by atoms with E-state index in [0.29, 0.717) is 19.5 Å². The first-order valence-corrected chi connectivity index (χ1v) is 12.4. The molecule has 0 radical (unpaired) electrons. The molecule has 1 fully saturated rings. The first kappa shape index (κ1) is 25.4. The van der Waals surface area contributed by atoms with Gasteiger partial charge in [-0.2, -0.15) is 0 Å². The fraction of sp³-hybridized carbons (Fsp3) is 0.267. The fourth-order valence-electron chi connectivity index (χ4n) is 4.10. The zero-order valence-electron chi connectivity index (χ0n) is 20.5. The highest BCUT2D eigenvalue weighted by Crippen LogP contribution is 2.20. The number of nitrogens with one attached hydrogen (secondary N) is 1. The van der Waals surface area contributed by atoms with Gasteiger partial charge in [-0.05, 0) is 34.9 Å². The van der Waals surface area contributed by atoms with E-state index in [4.69, 9.17) is 4.74 Å². The standard InChI is InChI=1S/C30H33N3O3/c34-29(31-17-18-32-19-21-36-22-20-32)23-26-11-14-28(15-12-26)33(24-27-9-5-2-6-10-27)30(35)16-13-25-7-3-1-4-8-25/h1-16H,17-24H2,(H,31,34). The predicted octanol–water partition coefficient (Wildman–Crippen LogP) is 3.92. The summed E-state index contributed by atoms with van der Waals surface area (Å²) >= 11 is 0. The number of carbonyl (C=O) groups is 2. The van der Waals surface area contributed by atoms with Crippen LogP contribution in [0.4, 0.5) is 5.69 Å². The Morgan fingerprint density at radius 1 is 0.861 bits per heavy atom. The minimum atomic E-state index is -0.101. The van der Waals surface area contributed by atoms with Crippen molar-refractivity contribution in [3.05, 3.63) is 108 Å². The molecule has 3 aromatic carbocycles.